The smallest absolute Gasteiger partial charge is 0.258 e. The van der Waals surface area contributed by atoms with E-state index >= 15 is 0 Å². The quantitative estimate of drug-likeness (QED) is 0.423. The third-order valence-corrected chi connectivity index (χ3v) is 6.68. The molecular formula is C25H30N2O3S. The van der Waals surface area contributed by atoms with Crippen LogP contribution in [-0.4, -0.2) is 40.2 Å². The number of rotatable bonds is 11. The molecule has 0 unspecified atom stereocenters. The van der Waals surface area contributed by atoms with E-state index in [0.717, 1.165) is 28.8 Å². The minimum absolute atomic E-state index is 0.121. The van der Waals surface area contributed by atoms with Crippen LogP contribution in [0.5, 0.6) is 0 Å². The first kappa shape index (κ1) is 23.2. The molecule has 5 nitrogen and oxygen atoms in total. The molecular weight excluding hydrogens is 408 g/mol. The Bertz CT molecular complexity index is 898. The second kappa shape index (κ2) is 11.2. The molecule has 0 spiro atoms. The van der Waals surface area contributed by atoms with Crippen molar-refractivity contribution in [1.29, 1.82) is 0 Å². The molecule has 0 aliphatic carbocycles. The minimum atomic E-state index is -0.644. The van der Waals surface area contributed by atoms with Crippen molar-refractivity contribution in [2.75, 3.05) is 13.1 Å². The first-order valence-electron chi connectivity index (χ1n) is 10.5. The number of carbonyl (C=O) groups is 1. The highest BCUT2D eigenvalue weighted by Gasteiger charge is 2.22. The van der Waals surface area contributed by atoms with Gasteiger partial charge in [-0.05, 0) is 43.0 Å². The highest BCUT2D eigenvalue weighted by Crippen LogP contribution is 2.23. The van der Waals surface area contributed by atoms with Crippen LogP contribution in [0.4, 0.5) is 0 Å². The van der Waals surface area contributed by atoms with Gasteiger partial charge < -0.3 is 15.9 Å². The predicted octanol–water partition coefficient (Wildman–Crippen LogP) is 3.94. The summed E-state index contributed by atoms with van der Waals surface area (Å²) >= 11 is 1.42. The number of hydrogen-bond acceptors (Lipinski definition) is 5. The Balaban J connectivity index is 1.69. The number of aliphatic hydroxyl groups excluding tert-OH is 2. The van der Waals surface area contributed by atoms with Crippen molar-refractivity contribution in [3.05, 3.63) is 93.7 Å². The van der Waals surface area contributed by atoms with E-state index in [4.69, 9.17) is 5.73 Å². The fourth-order valence-corrected chi connectivity index (χ4v) is 4.49. The van der Waals surface area contributed by atoms with E-state index in [1.54, 1.807) is 6.07 Å². The molecule has 1 aromatic heterocycles. The van der Waals surface area contributed by atoms with E-state index in [0.29, 0.717) is 18.0 Å². The fraction of sp³-hybridized carbons (Fsp3) is 0.320. The summed E-state index contributed by atoms with van der Waals surface area (Å²) in [7, 11) is 0. The lowest BCUT2D eigenvalue weighted by Gasteiger charge is -2.33. The fourth-order valence-electron chi connectivity index (χ4n) is 3.62. The zero-order valence-corrected chi connectivity index (χ0v) is 18.5. The molecule has 0 saturated heterocycles. The molecule has 3 atom stereocenters. The van der Waals surface area contributed by atoms with Crippen molar-refractivity contribution in [3.63, 3.8) is 0 Å². The number of carbonyl (C=O) groups excluding carboxylic acids is 1. The van der Waals surface area contributed by atoms with Crippen LogP contribution < -0.4 is 5.73 Å². The summed E-state index contributed by atoms with van der Waals surface area (Å²) in [6.45, 7) is 2.95. The molecule has 2 aromatic carbocycles. The van der Waals surface area contributed by atoms with Gasteiger partial charge in [-0.1, -0.05) is 60.7 Å². The summed E-state index contributed by atoms with van der Waals surface area (Å²) in [6.07, 6.45) is 0.352. The van der Waals surface area contributed by atoms with Gasteiger partial charge in [0.25, 0.3) is 5.91 Å². The topological polar surface area (TPSA) is 86.8 Å². The summed E-state index contributed by atoms with van der Waals surface area (Å²) in [5.74, 6) is -0.400. The van der Waals surface area contributed by atoms with Crippen LogP contribution >= 0.6 is 11.3 Å². The van der Waals surface area contributed by atoms with Crippen LogP contribution in [0.15, 0.2) is 72.8 Å². The van der Waals surface area contributed by atoms with Gasteiger partial charge in [0.05, 0.1) is 17.1 Å². The van der Waals surface area contributed by atoms with Gasteiger partial charge in [-0.2, -0.15) is 0 Å². The lowest BCUT2D eigenvalue weighted by atomic mass is 10.0. The van der Waals surface area contributed by atoms with E-state index < -0.39 is 18.1 Å². The average molecular weight is 439 g/mol. The molecule has 0 fully saturated rings. The standard InChI is InChI=1S/C25H30N2O3S/c1-18(12-13-21-14-15-24(31-21)25(26)30)27(16-22(28)19-8-4-2-5-9-19)17-23(29)20-10-6-3-7-11-20/h2-11,14-15,18,22-23,28-29H,12-13,16-17H2,1H3,(H2,26,30)/t18-,22+,23+/m0/s1. The van der Waals surface area contributed by atoms with Gasteiger partial charge in [-0.25, -0.2) is 0 Å². The molecule has 164 valence electrons. The van der Waals surface area contributed by atoms with E-state index in [2.05, 4.69) is 11.8 Å². The summed E-state index contributed by atoms with van der Waals surface area (Å²) in [5, 5.41) is 21.6. The summed E-state index contributed by atoms with van der Waals surface area (Å²) in [5.41, 5.74) is 7.08. The van der Waals surface area contributed by atoms with Crippen molar-refractivity contribution >= 4 is 17.2 Å². The van der Waals surface area contributed by atoms with Gasteiger partial charge in [0.2, 0.25) is 0 Å². The summed E-state index contributed by atoms with van der Waals surface area (Å²) in [4.78, 5) is 15.2. The molecule has 3 aromatic rings. The number of hydrogen-bond donors (Lipinski definition) is 3. The monoisotopic (exact) mass is 438 g/mol. The lowest BCUT2D eigenvalue weighted by Crippen LogP contribution is -2.39. The van der Waals surface area contributed by atoms with Crippen LogP contribution in [0.3, 0.4) is 0 Å². The molecule has 6 heteroatoms. The molecule has 0 bridgehead atoms. The number of benzene rings is 2. The SMILES string of the molecule is C[C@@H](CCc1ccc(C(N)=O)s1)N(C[C@@H](O)c1ccccc1)C[C@@H](O)c1ccccc1. The van der Waals surface area contributed by atoms with Gasteiger partial charge >= 0.3 is 0 Å². The first-order valence-corrected chi connectivity index (χ1v) is 11.3. The maximum absolute atomic E-state index is 11.3. The number of aryl methyl sites for hydroxylation is 1. The second-order valence-electron chi connectivity index (χ2n) is 7.82. The number of nitrogens with two attached hydrogens (primary N) is 1. The van der Waals surface area contributed by atoms with Crippen LogP contribution in [0.2, 0.25) is 0 Å². The van der Waals surface area contributed by atoms with Gasteiger partial charge in [0.15, 0.2) is 0 Å². The largest absolute Gasteiger partial charge is 0.387 e. The third kappa shape index (κ3) is 6.74. The molecule has 0 aliphatic heterocycles. The molecule has 4 N–H and O–H groups in total. The van der Waals surface area contributed by atoms with Crippen LogP contribution in [-0.2, 0) is 6.42 Å². The second-order valence-corrected chi connectivity index (χ2v) is 8.99. The zero-order valence-electron chi connectivity index (χ0n) is 17.7. The average Bonchev–Trinajstić information content (AvgIpc) is 3.27. The van der Waals surface area contributed by atoms with E-state index in [-0.39, 0.29) is 6.04 Å². The minimum Gasteiger partial charge on any atom is -0.387 e. The number of primary amides is 1. The molecule has 3 rings (SSSR count). The van der Waals surface area contributed by atoms with Gasteiger partial charge in [-0.3, -0.25) is 9.69 Å². The Kier molecular flexibility index (Phi) is 8.37. The Morgan fingerprint density at radius 3 is 1.87 bits per heavy atom. The zero-order chi connectivity index (χ0) is 22.2. The summed E-state index contributed by atoms with van der Waals surface area (Å²) < 4.78 is 0. The van der Waals surface area contributed by atoms with Crippen molar-refractivity contribution < 1.29 is 15.0 Å². The van der Waals surface area contributed by atoms with Gasteiger partial charge in [-0.15, -0.1) is 11.3 Å². The maximum Gasteiger partial charge on any atom is 0.258 e. The van der Waals surface area contributed by atoms with Crippen LogP contribution in [0, 0.1) is 0 Å². The van der Waals surface area contributed by atoms with Crippen molar-refractivity contribution in [3.8, 4) is 0 Å². The van der Waals surface area contributed by atoms with E-state index in [1.165, 1.54) is 11.3 Å². The highest BCUT2D eigenvalue weighted by atomic mass is 32.1. The Morgan fingerprint density at radius 2 is 1.42 bits per heavy atom. The number of amides is 1. The van der Waals surface area contributed by atoms with Crippen molar-refractivity contribution in [2.45, 2.75) is 38.0 Å². The third-order valence-electron chi connectivity index (χ3n) is 5.52. The van der Waals surface area contributed by atoms with Crippen molar-refractivity contribution in [2.24, 2.45) is 5.73 Å². The van der Waals surface area contributed by atoms with E-state index in [1.807, 2.05) is 66.7 Å². The number of aliphatic hydroxyl groups is 2. The Hall–Kier alpha value is -2.51. The first-order chi connectivity index (χ1) is 14.9. The van der Waals surface area contributed by atoms with Crippen LogP contribution in [0.1, 0.15) is 51.2 Å². The normalized spacial score (nSPS) is 14.3. The molecule has 1 amide bonds. The molecule has 31 heavy (non-hydrogen) atoms. The lowest BCUT2D eigenvalue weighted by molar-refractivity contribution is 0.0461. The predicted molar refractivity (Wildman–Crippen MR) is 125 cm³/mol. The molecule has 1 heterocycles. The number of thiophene rings is 1. The van der Waals surface area contributed by atoms with E-state index in [9.17, 15) is 15.0 Å². The Labute approximate surface area is 187 Å². The van der Waals surface area contributed by atoms with Gasteiger partial charge in [0, 0.05) is 24.0 Å². The summed E-state index contributed by atoms with van der Waals surface area (Å²) in [6, 6.07) is 23.0. The van der Waals surface area contributed by atoms with Gasteiger partial charge in [0.1, 0.15) is 0 Å². The van der Waals surface area contributed by atoms with Crippen LogP contribution in [0.25, 0.3) is 0 Å². The number of nitrogens with zero attached hydrogens (tertiary/aromatic N) is 1. The molecule has 0 aliphatic rings. The maximum atomic E-state index is 11.3. The molecule has 0 radical (unpaired) electrons. The van der Waals surface area contributed by atoms with Crippen molar-refractivity contribution in [1.82, 2.24) is 4.90 Å². The Morgan fingerprint density at radius 1 is 0.903 bits per heavy atom. The highest BCUT2D eigenvalue weighted by molar-refractivity contribution is 7.14. The molecule has 0 saturated carbocycles.